The molecule has 0 radical (unpaired) electrons. The standard InChI is InChI=1S/C16H31N3O3.2ClH/c1-3-21-9-4-7-19-8-5-14(13(2)12-19)18-16(20)15-11-17-6-10-22-15;;/h13-15,17H,3-12H2,1-2H3,(H,18,20);2*1H. The van der Waals surface area contributed by atoms with Crippen molar-refractivity contribution >= 4 is 30.7 Å². The van der Waals surface area contributed by atoms with E-state index in [1.807, 2.05) is 6.92 Å². The lowest BCUT2D eigenvalue weighted by atomic mass is 9.93. The van der Waals surface area contributed by atoms with Crippen LogP contribution in [0, 0.1) is 5.92 Å². The Morgan fingerprint density at radius 1 is 1.42 bits per heavy atom. The topological polar surface area (TPSA) is 62.8 Å². The molecule has 1 amide bonds. The van der Waals surface area contributed by atoms with Crippen molar-refractivity contribution in [2.75, 3.05) is 52.5 Å². The lowest BCUT2D eigenvalue weighted by Gasteiger charge is -2.38. The zero-order valence-corrected chi connectivity index (χ0v) is 16.4. The zero-order chi connectivity index (χ0) is 15.8. The fraction of sp³-hybridized carbons (Fsp3) is 0.938. The Morgan fingerprint density at radius 2 is 2.21 bits per heavy atom. The summed E-state index contributed by atoms with van der Waals surface area (Å²) in [5.41, 5.74) is 0. The van der Waals surface area contributed by atoms with Gasteiger partial charge in [0.2, 0.25) is 0 Å². The first-order chi connectivity index (χ1) is 10.7. The number of piperidine rings is 1. The number of likely N-dealkylation sites (tertiary alicyclic amines) is 1. The van der Waals surface area contributed by atoms with E-state index < -0.39 is 0 Å². The molecule has 24 heavy (non-hydrogen) atoms. The highest BCUT2D eigenvalue weighted by molar-refractivity contribution is 5.85. The van der Waals surface area contributed by atoms with Crippen LogP contribution in [0.15, 0.2) is 0 Å². The summed E-state index contributed by atoms with van der Waals surface area (Å²) in [5, 5.41) is 6.38. The second-order valence-corrected chi connectivity index (χ2v) is 6.30. The van der Waals surface area contributed by atoms with Gasteiger partial charge in [0.1, 0.15) is 6.10 Å². The van der Waals surface area contributed by atoms with Crippen molar-refractivity contribution < 1.29 is 14.3 Å². The van der Waals surface area contributed by atoms with Gasteiger partial charge in [0, 0.05) is 52.0 Å². The minimum Gasteiger partial charge on any atom is -0.382 e. The molecule has 2 N–H and O–H groups in total. The van der Waals surface area contributed by atoms with Crippen LogP contribution in [0.25, 0.3) is 0 Å². The number of nitrogens with one attached hydrogen (secondary N) is 2. The monoisotopic (exact) mass is 385 g/mol. The molecule has 3 unspecified atom stereocenters. The smallest absolute Gasteiger partial charge is 0.250 e. The minimum absolute atomic E-state index is 0. The van der Waals surface area contributed by atoms with Crippen LogP contribution in [-0.4, -0.2) is 75.5 Å². The van der Waals surface area contributed by atoms with E-state index in [0.29, 0.717) is 19.1 Å². The molecule has 2 saturated heterocycles. The van der Waals surface area contributed by atoms with Crippen molar-refractivity contribution in [2.45, 2.75) is 38.8 Å². The molecule has 2 rings (SSSR count). The number of amides is 1. The van der Waals surface area contributed by atoms with Gasteiger partial charge < -0.3 is 25.0 Å². The van der Waals surface area contributed by atoms with Crippen molar-refractivity contribution in [1.82, 2.24) is 15.5 Å². The van der Waals surface area contributed by atoms with Crippen LogP contribution < -0.4 is 10.6 Å². The van der Waals surface area contributed by atoms with E-state index in [2.05, 4.69) is 22.5 Å². The fourth-order valence-electron chi connectivity index (χ4n) is 3.19. The van der Waals surface area contributed by atoms with Crippen LogP contribution in [0.5, 0.6) is 0 Å². The Labute approximate surface area is 158 Å². The van der Waals surface area contributed by atoms with Crippen molar-refractivity contribution in [2.24, 2.45) is 5.92 Å². The maximum absolute atomic E-state index is 12.2. The van der Waals surface area contributed by atoms with E-state index in [9.17, 15) is 4.79 Å². The molecule has 6 nitrogen and oxygen atoms in total. The molecule has 0 saturated carbocycles. The highest BCUT2D eigenvalue weighted by Gasteiger charge is 2.30. The first-order valence-corrected chi connectivity index (χ1v) is 8.63. The normalized spacial score (nSPS) is 27.7. The Balaban J connectivity index is 0.00000264. The van der Waals surface area contributed by atoms with Crippen LogP contribution in [-0.2, 0) is 14.3 Å². The Morgan fingerprint density at radius 3 is 2.83 bits per heavy atom. The molecule has 0 spiro atoms. The molecule has 2 aliphatic heterocycles. The summed E-state index contributed by atoms with van der Waals surface area (Å²) < 4.78 is 10.9. The number of rotatable bonds is 7. The van der Waals surface area contributed by atoms with Gasteiger partial charge in [0.15, 0.2) is 0 Å². The predicted molar refractivity (Wildman–Crippen MR) is 100 cm³/mol. The number of nitrogens with zero attached hydrogens (tertiary/aromatic N) is 1. The number of morpholine rings is 1. The van der Waals surface area contributed by atoms with Gasteiger partial charge in [0.25, 0.3) is 5.91 Å². The van der Waals surface area contributed by atoms with Crippen LogP contribution in [0.4, 0.5) is 0 Å². The van der Waals surface area contributed by atoms with Gasteiger partial charge in [0.05, 0.1) is 6.61 Å². The van der Waals surface area contributed by atoms with Gasteiger partial charge in [-0.2, -0.15) is 0 Å². The minimum atomic E-state index is -0.329. The number of ether oxygens (including phenoxy) is 2. The summed E-state index contributed by atoms with van der Waals surface area (Å²) in [6.45, 7) is 11.1. The Bertz CT molecular complexity index is 345. The first-order valence-electron chi connectivity index (χ1n) is 8.63. The van der Waals surface area contributed by atoms with Gasteiger partial charge in [-0.3, -0.25) is 4.79 Å². The van der Waals surface area contributed by atoms with Gasteiger partial charge >= 0.3 is 0 Å². The van der Waals surface area contributed by atoms with Crippen LogP contribution in [0.2, 0.25) is 0 Å². The Kier molecular flexibility index (Phi) is 13.1. The predicted octanol–water partition coefficient (Wildman–Crippen LogP) is 1.07. The average Bonchev–Trinajstić information content (AvgIpc) is 2.55. The van der Waals surface area contributed by atoms with Crippen molar-refractivity contribution in [1.29, 1.82) is 0 Å². The highest BCUT2D eigenvalue weighted by Crippen LogP contribution is 2.17. The summed E-state index contributed by atoms with van der Waals surface area (Å²) in [6, 6.07) is 0.265. The Hall–Kier alpha value is -0.110. The molecule has 8 heteroatoms. The van der Waals surface area contributed by atoms with E-state index in [4.69, 9.17) is 9.47 Å². The third-order valence-corrected chi connectivity index (χ3v) is 4.50. The second kappa shape index (κ2) is 13.1. The van der Waals surface area contributed by atoms with E-state index in [0.717, 1.165) is 52.2 Å². The second-order valence-electron chi connectivity index (χ2n) is 6.30. The molecule has 0 aliphatic carbocycles. The van der Waals surface area contributed by atoms with Gasteiger partial charge in [-0.15, -0.1) is 24.8 Å². The van der Waals surface area contributed by atoms with E-state index in [1.165, 1.54) is 0 Å². The first kappa shape index (κ1) is 23.9. The SMILES string of the molecule is CCOCCCN1CCC(NC(=O)C2CNCCO2)C(C)C1.Cl.Cl. The van der Waals surface area contributed by atoms with Crippen LogP contribution >= 0.6 is 24.8 Å². The maximum Gasteiger partial charge on any atom is 0.250 e. The molecule has 2 fully saturated rings. The maximum atomic E-state index is 12.2. The van der Waals surface area contributed by atoms with Gasteiger partial charge in [-0.05, 0) is 25.7 Å². The number of halogens is 2. The van der Waals surface area contributed by atoms with E-state index in [1.54, 1.807) is 0 Å². The molecule has 0 aromatic carbocycles. The number of hydrogen-bond donors (Lipinski definition) is 2. The molecule has 0 bridgehead atoms. The highest BCUT2D eigenvalue weighted by atomic mass is 35.5. The van der Waals surface area contributed by atoms with Crippen LogP contribution in [0.3, 0.4) is 0 Å². The number of hydrogen-bond acceptors (Lipinski definition) is 5. The summed E-state index contributed by atoms with van der Waals surface area (Å²) in [6.07, 6.45) is 1.77. The fourth-order valence-corrected chi connectivity index (χ4v) is 3.19. The van der Waals surface area contributed by atoms with E-state index >= 15 is 0 Å². The molecular weight excluding hydrogens is 353 g/mol. The molecule has 2 aliphatic rings. The molecular formula is C16H33Cl2N3O3. The van der Waals surface area contributed by atoms with Crippen molar-refractivity contribution in [3.05, 3.63) is 0 Å². The molecule has 2 heterocycles. The number of carbonyl (C=O) groups is 1. The summed E-state index contributed by atoms with van der Waals surface area (Å²) in [7, 11) is 0. The third-order valence-electron chi connectivity index (χ3n) is 4.50. The van der Waals surface area contributed by atoms with Gasteiger partial charge in [-0.25, -0.2) is 0 Å². The van der Waals surface area contributed by atoms with Gasteiger partial charge in [-0.1, -0.05) is 6.92 Å². The summed E-state index contributed by atoms with van der Waals surface area (Å²) in [5.74, 6) is 0.509. The number of carbonyl (C=O) groups excluding carboxylic acids is 1. The summed E-state index contributed by atoms with van der Waals surface area (Å²) in [4.78, 5) is 14.7. The molecule has 0 aromatic rings. The quantitative estimate of drug-likeness (QED) is 0.641. The van der Waals surface area contributed by atoms with Crippen LogP contribution in [0.1, 0.15) is 26.7 Å². The van der Waals surface area contributed by atoms with E-state index in [-0.39, 0.29) is 42.9 Å². The average molecular weight is 386 g/mol. The lowest BCUT2D eigenvalue weighted by Crippen LogP contribution is -2.55. The summed E-state index contributed by atoms with van der Waals surface area (Å²) >= 11 is 0. The largest absolute Gasteiger partial charge is 0.382 e. The third kappa shape index (κ3) is 7.85. The zero-order valence-electron chi connectivity index (χ0n) is 14.8. The van der Waals surface area contributed by atoms with Crippen molar-refractivity contribution in [3.8, 4) is 0 Å². The molecule has 144 valence electrons. The molecule has 0 aromatic heterocycles. The molecule has 3 atom stereocenters. The van der Waals surface area contributed by atoms with Crippen molar-refractivity contribution in [3.63, 3.8) is 0 Å². The lowest BCUT2D eigenvalue weighted by molar-refractivity contribution is -0.135.